The number of rotatable bonds is 3. The number of benzene rings is 2. The lowest BCUT2D eigenvalue weighted by molar-refractivity contribution is 0.0951. The van der Waals surface area contributed by atoms with E-state index in [0.717, 1.165) is 16.5 Å². The fourth-order valence-electron chi connectivity index (χ4n) is 2.02. The van der Waals surface area contributed by atoms with Crippen LogP contribution in [0.15, 0.2) is 58.1 Å². The normalized spacial score (nSPS) is 11.1. The molecule has 0 spiro atoms. The Bertz CT molecular complexity index is 838. The zero-order valence-corrected chi connectivity index (χ0v) is 13.0. The molecule has 0 bridgehead atoms. The summed E-state index contributed by atoms with van der Waals surface area (Å²) in [6, 6.07) is 14.4. The van der Waals surface area contributed by atoms with E-state index in [0.29, 0.717) is 10.2 Å². The minimum absolute atomic E-state index is 0.152. The van der Waals surface area contributed by atoms with Crippen molar-refractivity contribution in [3.63, 3.8) is 0 Å². The number of aromatic nitrogens is 1. The summed E-state index contributed by atoms with van der Waals surface area (Å²) < 4.78 is 0.568. The summed E-state index contributed by atoms with van der Waals surface area (Å²) in [5.41, 5.74) is 4.57. The van der Waals surface area contributed by atoms with Gasteiger partial charge < -0.3 is 10.1 Å². The van der Waals surface area contributed by atoms with Gasteiger partial charge in [0.25, 0.3) is 5.91 Å². The summed E-state index contributed by atoms with van der Waals surface area (Å²) in [4.78, 5) is 15.1. The lowest BCUT2D eigenvalue weighted by Gasteiger charge is -1.99. The fraction of sp³-hybridized carbons (Fsp3) is 0. The molecule has 1 heterocycles. The molecule has 0 saturated carbocycles. The number of aromatic amines is 1. The molecule has 0 fully saturated rings. The number of hydrogen-bond donors (Lipinski definition) is 3. The van der Waals surface area contributed by atoms with Crippen LogP contribution in [0.2, 0.25) is 0 Å². The number of carbonyl (C=O) groups is 1. The predicted octanol–water partition coefficient (Wildman–Crippen LogP) is 3.40. The van der Waals surface area contributed by atoms with Crippen molar-refractivity contribution in [2.24, 2.45) is 5.10 Å². The number of hydrazone groups is 1. The minimum atomic E-state index is -0.315. The zero-order valence-electron chi connectivity index (χ0n) is 11.4. The molecule has 3 N–H and O–H groups in total. The summed E-state index contributed by atoms with van der Waals surface area (Å²) in [6.07, 6.45) is 1.50. The van der Waals surface area contributed by atoms with E-state index in [9.17, 15) is 9.90 Å². The van der Waals surface area contributed by atoms with Gasteiger partial charge in [-0.1, -0.05) is 18.2 Å². The Balaban J connectivity index is 1.71. The third kappa shape index (κ3) is 3.01. The van der Waals surface area contributed by atoms with Crippen molar-refractivity contribution in [1.82, 2.24) is 10.4 Å². The first-order chi connectivity index (χ1) is 10.6. The van der Waals surface area contributed by atoms with Gasteiger partial charge in [-0.25, -0.2) is 5.43 Å². The van der Waals surface area contributed by atoms with Gasteiger partial charge in [-0.2, -0.15) is 5.10 Å². The van der Waals surface area contributed by atoms with Crippen molar-refractivity contribution in [2.75, 3.05) is 0 Å². The van der Waals surface area contributed by atoms with Crippen LogP contribution < -0.4 is 5.43 Å². The first kappa shape index (κ1) is 14.3. The number of hydrogen-bond acceptors (Lipinski definition) is 3. The molecule has 110 valence electrons. The predicted molar refractivity (Wildman–Crippen MR) is 89.2 cm³/mol. The molecule has 1 amide bonds. The number of carbonyl (C=O) groups excluding carboxylic acids is 1. The summed E-state index contributed by atoms with van der Waals surface area (Å²) in [6.45, 7) is 0. The maximum absolute atomic E-state index is 12.0. The van der Waals surface area contributed by atoms with Gasteiger partial charge in [-0.3, -0.25) is 4.79 Å². The van der Waals surface area contributed by atoms with Crippen molar-refractivity contribution in [2.45, 2.75) is 0 Å². The molecule has 3 rings (SSSR count). The average molecular weight is 358 g/mol. The van der Waals surface area contributed by atoms with Crippen LogP contribution in [0, 0.1) is 0 Å². The highest BCUT2D eigenvalue weighted by Gasteiger charge is 2.07. The second-order valence-electron chi connectivity index (χ2n) is 4.68. The Morgan fingerprint density at radius 1 is 1.23 bits per heavy atom. The molecule has 0 atom stereocenters. The van der Waals surface area contributed by atoms with Crippen molar-refractivity contribution in [3.8, 4) is 5.75 Å². The van der Waals surface area contributed by atoms with Crippen LogP contribution in [0.1, 0.15) is 16.1 Å². The monoisotopic (exact) mass is 357 g/mol. The molecule has 0 radical (unpaired) electrons. The highest BCUT2D eigenvalue weighted by molar-refractivity contribution is 9.10. The number of para-hydroxylation sites is 1. The van der Waals surface area contributed by atoms with E-state index >= 15 is 0 Å². The van der Waals surface area contributed by atoms with Crippen molar-refractivity contribution < 1.29 is 9.90 Å². The first-order valence-electron chi connectivity index (χ1n) is 6.53. The second kappa shape index (κ2) is 6.03. The van der Waals surface area contributed by atoms with Crippen molar-refractivity contribution in [3.05, 3.63) is 64.3 Å². The molecule has 0 aliphatic carbocycles. The Hall–Kier alpha value is -2.60. The fourth-order valence-corrected chi connectivity index (χ4v) is 2.42. The van der Waals surface area contributed by atoms with Crippen LogP contribution >= 0.6 is 15.9 Å². The number of amides is 1. The summed E-state index contributed by atoms with van der Waals surface area (Å²) in [7, 11) is 0. The number of fused-ring (bicyclic) bond motifs is 1. The molecule has 1 aromatic heterocycles. The van der Waals surface area contributed by atoms with Crippen molar-refractivity contribution in [1.29, 1.82) is 0 Å². The number of phenols is 1. The minimum Gasteiger partial charge on any atom is -0.507 e. The van der Waals surface area contributed by atoms with Crippen LogP contribution in [0.25, 0.3) is 10.9 Å². The molecule has 0 saturated heterocycles. The number of H-pyrrole nitrogens is 1. The molecule has 5 nitrogen and oxygen atoms in total. The highest BCUT2D eigenvalue weighted by atomic mass is 79.9. The molecule has 0 aliphatic rings. The molecular weight excluding hydrogens is 346 g/mol. The van der Waals surface area contributed by atoms with Crippen molar-refractivity contribution >= 4 is 39.0 Å². The summed E-state index contributed by atoms with van der Waals surface area (Å²) >= 11 is 3.22. The van der Waals surface area contributed by atoms with Gasteiger partial charge in [0, 0.05) is 10.9 Å². The van der Waals surface area contributed by atoms with E-state index in [-0.39, 0.29) is 11.7 Å². The van der Waals surface area contributed by atoms with Crippen LogP contribution in [0.4, 0.5) is 0 Å². The number of phenolic OH excluding ortho intramolecular Hbond substituents is 1. The van der Waals surface area contributed by atoms with Gasteiger partial charge in [0.05, 0.1) is 10.7 Å². The van der Waals surface area contributed by atoms with E-state index in [2.05, 4.69) is 31.4 Å². The molecule has 6 heteroatoms. The van der Waals surface area contributed by atoms with E-state index in [1.807, 2.05) is 24.3 Å². The average Bonchev–Trinajstić information content (AvgIpc) is 2.95. The summed E-state index contributed by atoms with van der Waals surface area (Å²) in [5, 5.41) is 14.3. The van der Waals surface area contributed by atoms with Crippen LogP contribution in [0.5, 0.6) is 5.75 Å². The van der Waals surface area contributed by atoms with Crippen LogP contribution in [-0.4, -0.2) is 22.2 Å². The topological polar surface area (TPSA) is 77.5 Å². The standard InChI is InChI=1S/C16H12BrN3O2/c17-12-7-10(5-6-15(12)21)9-18-20-16(22)14-8-11-3-1-2-4-13(11)19-14/h1-9,19,21H,(H,20,22). The Morgan fingerprint density at radius 3 is 2.82 bits per heavy atom. The first-order valence-corrected chi connectivity index (χ1v) is 7.32. The van der Waals surface area contributed by atoms with Crippen LogP contribution in [-0.2, 0) is 0 Å². The van der Waals surface area contributed by atoms with Gasteiger partial charge in [-0.05, 0) is 51.8 Å². The van der Waals surface area contributed by atoms with Gasteiger partial charge in [0.15, 0.2) is 0 Å². The number of nitrogens with zero attached hydrogens (tertiary/aromatic N) is 1. The lowest BCUT2D eigenvalue weighted by Crippen LogP contribution is -2.17. The lowest BCUT2D eigenvalue weighted by atomic mass is 10.2. The smallest absolute Gasteiger partial charge is 0.287 e. The third-order valence-corrected chi connectivity index (χ3v) is 3.76. The zero-order chi connectivity index (χ0) is 15.5. The van der Waals surface area contributed by atoms with E-state index < -0.39 is 0 Å². The second-order valence-corrected chi connectivity index (χ2v) is 5.53. The van der Waals surface area contributed by atoms with E-state index in [1.54, 1.807) is 24.3 Å². The molecule has 0 aliphatic heterocycles. The molecule has 3 aromatic rings. The third-order valence-electron chi connectivity index (χ3n) is 3.13. The Labute approximate surface area is 134 Å². The maximum Gasteiger partial charge on any atom is 0.287 e. The maximum atomic E-state index is 12.0. The van der Waals surface area contributed by atoms with Crippen LogP contribution in [0.3, 0.4) is 0 Å². The molecule has 22 heavy (non-hydrogen) atoms. The van der Waals surface area contributed by atoms with E-state index in [1.165, 1.54) is 6.21 Å². The number of nitrogens with one attached hydrogen (secondary N) is 2. The van der Waals surface area contributed by atoms with Gasteiger partial charge >= 0.3 is 0 Å². The molecule has 0 unspecified atom stereocenters. The number of halogens is 1. The SMILES string of the molecule is O=C(NN=Cc1ccc(O)c(Br)c1)c1cc2ccccc2[nH]1. The molecular formula is C16H12BrN3O2. The molecule has 2 aromatic carbocycles. The largest absolute Gasteiger partial charge is 0.507 e. The van der Waals surface area contributed by atoms with Gasteiger partial charge in [-0.15, -0.1) is 0 Å². The van der Waals surface area contributed by atoms with Gasteiger partial charge in [0.1, 0.15) is 11.4 Å². The van der Waals surface area contributed by atoms with E-state index in [4.69, 9.17) is 0 Å². The quantitative estimate of drug-likeness (QED) is 0.496. The summed E-state index contributed by atoms with van der Waals surface area (Å²) in [5.74, 6) is -0.162. The van der Waals surface area contributed by atoms with Gasteiger partial charge in [0.2, 0.25) is 0 Å². The highest BCUT2D eigenvalue weighted by Crippen LogP contribution is 2.23. The Kier molecular flexibility index (Phi) is 3.93. The Morgan fingerprint density at radius 2 is 2.05 bits per heavy atom. The number of aromatic hydroxyl groups is 1.